The molecule has 2 rings (SSSR count). The van der Waals surface area contributed by atoms with E-state index < -0.39 is 0 Å². The van der Waals surface area contributed by atoms with Gasteiger partial charge in [-0.2, -0.15) is 0 Å². The third-order valence-corrected chi connectivity index (χ3v) is 3.31. The summed E-state index contributed by atoms with van der Waals surface area (Å²) in [4.78, 5) is 11.9. The van der Waals surface area contributed by atoms with Gasteiger partial charge in [-0.3, -0.25) is 0 Å². The summed E-state index contributed by atoms with van der Waals surface area (Å²) in [5.41, 5.74) is 3.21. The van der Waals surface area contributed by atoms with Gasteiger partial charge in [0.25, 0.3) is 0 Å². The number of ether oxygens (including phenoxy) is 1. The highest BCUT2D eigenvalue weighted by molar-refractivity contribution is 7.81. The number of thiocarbonyl (C=S) groups is 1. The number of esters is 1. The molecule has 0 fully saturated rings. The average molecular weight is 296 g/mol. The van der Waals surface area contributed by atoms with Gasteiger partial charge in [0.05, 0.1) is 6.61 Å². The van der Waals surface area contributed by atoms with Crippen molar-refractivity contribution in [2.75, 3.05) is 6.61 Å². The maximum absolute atomic E-state index is 11.2. The summed E-state index contributed by atoms with van der Waals surface area (Å²) < 4.78 is 4.82. The van der Waals surface area contributed by atoms with Gasteiger partial charge in [0.1, 0.15) is 0 Å². The van der Waals surface area contributed by atoms with Crippen LogP contribution in [0.4, 0.5) is 0 Å². The van der Waals surface area contributed by atoms with Crippen LogP contribution in [-0.4, -0.2) is 17.4 Å². The summed E-state index contributed by atoms with van der Waals surface area (Å²) in [6.07, 6.45) is 2.96. The Kier molecular flexibility index (Phi) is 5.41. The Bertz CT molecular complexity index is 643. The molecule has 3 heteroatoms. The molecule has 0 aliphatic rings. The van der Waals surface area contributed by atoms with Crippen molar-refractivity contribution >= 4 is 23.1 Å². The molecule has 0 amide bonds. The van der Waals surface area contributed by atoms with Gasteiger partial charge in [-0.1, -0.05) is 66.8 Å². The molecule has 0 heterocycles. The standard InChI is InChI=1S/C18H16O2S/c1-2-20-18(19)13-12-17(21)16-10-8-15(9-11-16)14-6-4-3-5-7-14/h3-13H,2H2,1H3. The number of allylic oxidation sites excluding steroid dienone is 1. The lowest BCUT2D eigenvalue weighted by molar-refractivity contribution is -0.137. The van der Waals surface area contributed by atoms with Crippen LogP contribution < -0.4 is 0 Å². The Labute approximate surface area is 130 Å². The monoisotopic (exact) mass is 296 g/mol. The molecule has 21 heavy (non-hydrogen) atoms. The molecule has 106 valence electrons. The molecule has 0 saturated carbocycles. The fraction of sp³-hybridized carbons (Fsp3) is 0.111. The minimum absolute atomic E-state index is 0.363. The molecule has 0 aliphatic carbocycles. The second-order valence-electron chi connectivity index (χ2n) is 4.39. The first kappa shape index (κ1) is 15.1. The van der Waals surface area contributed by atoms with Crippen molar-refractivity contribution < 1.29 is 9.53 Å². The van der Waals surface area contributed by atoms with Crippen molar-refractivity contribution in [3.05, 3.63) is 72.3 Å². The first-order valence-corrected chi connectivity index (χ1v) is 7.16. The number of hydrogen-bond donors (Lipinski definition) is 0. The van der Waals surface area contributed by atoms with Crippen LogP contribution in [0.15, 0.2) is 66.7 Å². The molecule has 0 bridgehead atoms. The normalized spacial score (nSPS) is 10.5. The quantitative estimate of drug-likeness (QED) is 0.358. The Hall–Kier alpha value is -2.26. The van der Waals surface area contributed by atoms with Gasteiger partial charge in [-0.25, -0.2) is 4.79 Å². The Morgan fingerprint density at radius 1 is 1.00 bits per heavy atom. The average Bonchev–Trinajstić information content (AvgIpc) is 2.54. The maximum atomic E-state index is 11.2. The Morgan fingerprint density at radius 3 is 2.24 bits per heavy atom. The smallest absolute Gasteiger partial charge is 0.330 e. The van der Waals surface area contributed by atoms with Crippen LogP contribution in [0.1, 0.15) is 12.5 Å². The van der Waals surface area contributed by atoms with E-state index in [1.165, 1.54) is 6.08 Å². The fourth-order valence-electron chi connectivity index (χ4n) is 1.89. The summed E-state index contributed by atoms with van der Waals surface area (Å²) in [6.45, 7) is 2.13. The van der Waals surface area contributed by atoms with Gasteiger partial charge in [0.2, 0.25) is 0 Å². The van der Waals surface area contributed by atoms with E-state index in [1.807, 2.05) is 42.5 Å². The number of rotatable bonds is 5. The zero-order chi connectivity index (χ0) is 15.1. The lowest BCUT2D eigenvalue weighted by atomic mass is 10.0. The molecule has 0 atom stereocenters. The van der Waals surface area contributed by atoms with Crippen LogP contribution in [0, 0.1) is 0 Å². The second kappa shape index (κ2) is 7.50. The van der Waals surface area contributed by atoms with Gasteiger partial charge >= 0.3 is 5.97 Å². The number of benzene rings is 2. The number of carbonyl (C=O) groups is 1. The van der Waals surface area contributed by atoms with Crippen molar-refractivity contribution in [2.45, 2.75) is 6.92 Å². The zero-order valence-electron chi connectivity index (χ0n) is 11.8. The number of hydrogen-bond acceptors (Lipinski definition) is 3. The Balaban J connectivity index is 2.09. The van der Waals surface area contributed by atoms with Gasteiger partial charge in [0, 0.05) is 10.9 Å². The van der Waals surface area contributed by atoms with E-state index in [9.17, 15) is 4.79 Å². The zero-order valence-corrected chi connectivity index (χ0v) is 12.6. The molecule has 2 nitrogen and oxygen atoms in total. The molecular formula is C18H16O2S. The van der Waals surface area contributed by atoms with Crippen LogP contribution >= 0.6 is 12.2 Å². The van der Waals surface area contributed by atoms with Gasteiger partial charge in [-0.05, 0) is 29.7 Å². The fourth-order valence-corrected chi connectivity index (χ4v) is 2.09. The summed E-state index contributed by atoms with van der Waals surface area (Å²) >= 11 is 5.29. The summed E-state index contributed by atoms with van der Waals surface area (Å²) in [5.74, 6) is -0.374. The topological polar surface area (TPSA) is 26.3 Å². The lowest BCUT2D eigenvalue weighted by Crippen LogP contribution is -2.01. The molecule has 0 radical (unpaired) electrons. The van der Waals surface area contributed by atoms with E-state index in [2.05, 4.69) is 12.1 Å². The molecule has 0 aromatic heterocycles. The van der Waals surface area contributed by atoms with Crippen LogP contribution in [0.5, 0.6) is 0 Å². The van der Waals surface area contributed by atoms with E-state index in [-0.39, 0.29) is 5.97 Å². The molecule has 2 aromatic carbocycles. The van der Waals surface area contributed by atoms with E-state index in [4.69, 9.17) is 17.0 Å². The van der Waals surface area contributed by atoms with Gasteiger partial charge < -0.3 is 4.74 Å². The molecular weight excluding hydrogens is 280 g/mol. The summed E-state index contributed by atoms with van der Waals surface area (Å²) in [5, 5.41) is 0. The first-order chi connectivity index (χ1) is 10.2. The molecule has 0 N–H and O–H groups in total. The maximum Gasteiger partial charge on any atom is 0.330 e. The highest BCUT2D eigenvalue weighted by Gasteiger charge is 2.01. The minimum atomic E-state index is -0.374. The second-order valence-corrected chi connectivity index (χ2v) is 4.83. The van der Waals surface area contributed by atoms with Crippen molar-refractivity contribution in [3.63, 3.8) is 0 Å². The van der Waals surface area contributed by atoms with E-state index in [1.54, 1.807) is 13.0 Å². The molecule has 2 aromatic rings. The third kappa shape index (κ3) is 4.36. The third-order valence-electron chi connectivity index (χ3n) is 2.93. The SMILES string of the molecule is CCOC(=O)C=CC(=S)c1ccc(-c2ccccc2)cc1. The van der Waals surface area contributed by atoms with E-state index in [0.29, 0.717) is 11.5 Å². The van der Waals surface area contributed by atoms with Crippen molar-refractivity contribution in [1.29, 1.82) is 0 Å². The molecule has 0 saturated heterocycles. The van der Waals surface area contributed by atoms with Crippen LogP contribution in [-0.2, 0) is 9.53 Å². The molecule has 0 unspecified atom stereocenters. The van der Waals surface area contributed by atoms with Gasteiger partial charge in [-0.15, -0.1) is 0 Å². The van der Waals surface area contributed by atoms with Crippen molar-refractivity contribution in [2.24, 2.45) is 0 Å². The highest BCUT2D eigenvalue weighted by atomic mass is 32.1. The summed E-state index contributed by atoms with van der Waals surface area (Å²) in [7, 11) is 0. The molecule has 0 aliphatic heterocycles. The van der Waals surface area contributed by atoms with Crippen LogP contribution in [0.25, 0.3) is 11.1 Å². The van der Waals surface area contributed by atoms with Crippen molar-refractivity contribution in [1.82, 2.24) is 0 Å². The van der Waals surface area contributed by atoms with Gasteiger partial charge in [0.15, 0.2) is 0 Å². The lowest BCUT2D eigenvalue weighted by Gasteiger charge is -2.03. The van der Waals surface area contributed by atoms with Crippen LogP contribution in [0.3, 0.4) is 0 Å². The van der Waals surface area contributed by atoms with Crippen molar-refractivity contribution in [3.8, 4) is 11.1 Å². The predicted octanol–water partition coefficient (Wildman–Crippen LogP) is 4.19. The minimum Gasteiger partial charge on any atom is -0.463 e. The molecule has 0 spiro atoms. The first-order valence-electron chi connectivity index (χ1n) is 6.75. The highest BCUT2D eigenvalue weighted by Crippen LogP contribution is 2.19. The summed E-state index contributed by atoms with van der Waals surface area (Å²) in [6, 6.07) is 18.1. The largest absolute Gasteiger partial charge is 0.463 e. The Morgan fingerprint density at radius 2 is 1.62 bits per heavy atom. The van der Waals surface area contributed by atoms with Crippen LogP contribution in [0.2, 0.25) is 0 Å². The van der Waals surface area contributed by atoms with E-state index in [0.717, 1.165) is 16.7 Å². The predicted molar refractivity (Wildman–Crippen MR) is 89.4 cm³/mol. The number of carbonyl (C=O) groups excluding carboxylic acids is 1. The van der Waals surface area contributed by atoms with E-state index >= 15 is 0 Å².